The van der Waals surface area contributed by atoms with E-state index >= 15 is 0 Å². The van der Waals surface area contributed by atoms with Crippen molar-refractivity contribution in [3.63, 3.8) is 0 Å². The van der Waals surface area contributed by atoms with E-state index in [-0.39, 0.29) is 43.4 Å². The minimum Gasteiger partial charge on any atom is -0.370 e. The Morgan fingerprint density at radius 3 is 2.53 bits per heavy atom. The Bertz CT molecular complexity index is 1250. The molecular formula is C22H25F3N8O5. The standard InChI is InChI=1S/C22H25F3N8O5/c23-22(24,25)11-3-1-2-10(6-11)7-14(34)29-13-9-33-19(27)28-12(8-32-15(35)4-5-16(32)36)17-20(33,21(13,37)38)31-18(26)30-17/h1-3,6,12-13,17,37-38H,4-5,7-9H2,(H2,27,28)(H,29,34)(H3,26,30,31)/t12?,13?,17-,20-/m0/s1. The second-order valence-corrected chi connectivity index (χ2v) is 9.64. The monoisotopic (exact) mass is 538 g/mol. The molecule has 1 aromatic rings. The lowest BCUT2D eigenvalue weighted by molar-refractivity contribution is -0.232. The number of carbonyl (C=O) groups is 3. The molecule has 0 bridgehead atoms. The lowest BCUT2D eigenvalue weighted by atomic mass is 9.84. The number of likely N-dealkylation sites (tertiary alicyclic amines) is 1. The molecular weight excluding hydrogens is 513 g/mol. The Labute approximate surface area is 213 Å². The molecule has 1 aromatic carbocycles. The highest BCUT2D eigenvalue weighted by Gasteiger charge is 2.73. The molecule has 2 fully saturated rings. The number of aliphatic imine (C=N–C) groups is 2. The summed E-state index contributed by atoms with van der Waals surface area (Å²) in [5, 5.41) is 28.0. The summed E-state index contributed by atoms with van der Waals surface area (Å²) in [5.74, 6) is -4.73. The van der Waals surface area contributed by atoms with E-state index in [1.165, 1.54) is 17.0 Å². The normalized spacial score (nSPS) is 30.0. The maximum atomic E-state index is 13.0. The molecule has 4 aliphatic rings. The summed E-state index contributed by atoms with van der Waals surface area (Å²) in [4.78, 5) is 48.0. The van der Waals surface area contributed by atoms with Crippen LogP contribution in [0.5, 0.6) is 0 Å². The maximum Gasteiger partial charge on any atom is 0.416 e. The van der Waals surface area contributed by atoms with Crippen molar-refractivity contribution in [2.24, 2.45) is 21.5 Å². The number of aliphatic hydroxyl groups is 2. The van der Waals surface area contributed by atoms with Crippen LogP contribution in [-0.2, 0) is 27.0 Å². The number of guanidine groups is 2. The maximum absolute atomic E-state index is 13.0. The highest BCUT2D eigenvalue weighted by molar-refractivity contribution is 6.02. The molecule has 1 spiro atoms. The first-order valence-electron chi connectivity index (χ1n) is 11.7. The first-order valence-corrected chi connectivity index (χ1v) is 11.7. The van der Waals surface area contributed by atoms with Crippen molar-refractivity contribution in [3.05, 3.63) is 35.4 Å². The highest BCUT2D eigenvalue weighted by atomic mass is 19.4. The quantitative estimate of drug-likeness (QED) is 0.174. The fraction of sp³-hybridized carbons (Fsp3) is 0.500. The summed E-state index contributed by atoms with van der Waals surface area (Å²) in [5.41, 5.74) is 9.30. The molecule has 4 heterocycles. The minimum atomic E-state index is -4.59. The summed E-state index contributed by atoms with van der Waals surface area (Å²) < 4.78 is 39.1. The Kier molecular flexibility index (Phi) is 5.79. The van der Waals surface area contributed by atoms with E-state index in [0.717, 1.165) is 17.0 Å². The molecule has 3 amide bonds. The van der Waals surface area contributed by atoms with Gasteiger partial charge in [-0.3, -0.25) is 19.3 Å². The smallest absolute Gasteiger partial charge is 0.370 e. The fourth-order valence-electron chi connectivity index (χ4n) is 5.54. The number of nitrogens with zero attached hydrogens (tertiary/aromatic N) is 4. The molecule has 4 atom stereocenters. The molecule has 8 N–H and O–H groups in total. The molecule has 16 heteroatoms. The Morgan fingerprint density at radius 2 is 1.87 bits per heavy atom. The largest absolute Gasteiger partial charge is 0.416 e. The third-order valence-corrected chi connectivity index (χ3v) is 7.28. The predicted molar refractivity (Wildman–Crippen MR) is 124 cm³/mol. The van der Waals surface area contributed by atoms with E-state index in [2.05, 4.69) is 20.6 Å². The van der Waals surface area contributed by atoms with Crippen LogP contribution >= 0.6 is 0 Å². The van der Waals surface area contributed by atoms with E-state index in [4.69, 9.17) is 11.5 Å². The topological polar surface area (TPSA) is 199 Å². The van der Waals surface area contributed by atoms with Crippen LogP contribution in [0.2, 0.25) is 0 Å². The van der Waals surface area contributed by atoms with Crippen LogP contribution in [0, 0.1) is 0 Å². The molecule has 5 rings (SSSR count). The van der Waals surface area contributed by atoms with Crippen LogP contribution in [0.1, 0.15) is 24.0 Å². The van der Waals surface area contributed by atoms with Crippen molar-refractivity contribution in [1.82, 2.24) is 20.4 Å². The second-order valence-electron chi connectivity index (χ2n) is 9.64. The van der Waals surface area contributed by atoms with Crippen molar-refractivity contribution in [3.8, 4) is 0 Å². The molecule has 0 saturated carbocycles. The second kappa shape index (κ2) is 8.56. The highest BCUT2D eigenvalue weighted by Crippen LogP contribution is 2.45. The van der Waals surface area contributed by atoms with E-state index in [1.54, 1.807) is 0 Å². The van der Waals surface area contributed by atoms with Crippen molar-refractivity contribution in [2.75, 3.05) is 13.1 Å². The van der Waals surface area contributed by atoms with Crippen LogP contribution in [-0.4, -0.2) is 92.3 Å². The molecule has 38 heavy (non-hydrogen) atoms. The summed E-state index contributed by atoms with van der Waals surface area (Å²) in [6, 6.07) is 0.708. The number of imide groups is 1. The van der Waals surface area contributed by atoms with Gasteiger partial charge in [-0.2, -0.15) is 13.2 Å². The molecule has 0 aromatic heterocycles. The zero-order valence-corrected chi connectivity index (χ0v) is 19.8. The van der Waals surface area contributed by atoms with E-state index in [0.29, 0.717) is 0 Å². The van der Waals surface area contributed by atoms with Gasteiger partial charge in [0.05, 0.1) is 24.6 Å². The molecule has 4 aliphatic heterocycles. The number of amides is 3. The van der Waals surface area contributed by atoms with Gasteiger partial charge in [-0.1, -0.05) is 18.2 Å². The van der Waals surface area contributed by atoms with Crippen molar-refractivity contribution in [1.29, 1.82) is 0 Å². The third kappa shape index (κ3) is 3.91. The summed E-state index contributed by atoms with van der Waals surface area (Å²) in [7, 11) is 0. The van der Waals surface area contributed by atoms with Crippen molar-refractivity contribution < 1.29 is 37.8 Å². The van der Waals surface area contributed by atoms with Gasteiger partial charge in [0, 0.05) is 19.4 Å². The third-order valence-electron chi connectivity index (χ3n) is 7.28. The fourth-order valence-corrected chi connectivity index (χ4v) is 5.54. The summed E-state index contributed by atoms with van der Waals surface area (Å²) in [6.07, 6.45) is -4.98. The lowest BCUT2D eigenvalue weighted by Gasteiger charge is -2.49. The first kappa shape index (κ1) is 25.7. The van der Waals surface area contributed by atoms with Gasteiger partial charge in [0.15, 0.2) is 17.6 Å². The summed E-state index contributed by atoms with van der Waals surface area (Å²) >= 11 is 0. The van der Waals surface area contributed by atoms with Crippen LogP contribution in [0.4, 0.5) is 13.2 Å². The molecule has 13 nitrogen and oxygen atoms in total. The number of rotatable bonds is 5. The van der Waals surface area contributed by atoms with E-state index in [9.17, 15) is 37.8 Å². The first-order chi connectivity index (χ1) is 17.7. The van der Waals surface area contributed by atoms with Crippen LogP contribution < -0.4 is 22.1 Å². The molecule has 0 aliphatic carbocycles. The Hall–Kier alpha value is -3.92. The van der Waals surface area contributed by atoms with Gasteiger partial charge in [0.1, 0.15) is 12.1 Å². The van der Waals surface area contributed by atoms with Crippen molar-refractivity contribution in [2.45, 2.75) is 55.0 Å². The number of hydrogen-bond donors (Lipinski definition) is 6. The SMILES string of the molecule is NC1=N[C@H]2C(CN3C(=O)CCC3=O)N=C(N)N3CC(NC(=O)Cc4cccc(C(F)(F)F)c4)C(O)(O)[C@]23N1. The zero-order chi connectivity index (χ0) is 27.6. The van der Waals surface area contributed by atoms with E-state index in [1.807, 2.05) is 0 Å². The number of nitrogens with one attached hydrogen (secondary N) is 2. The number of halogens is 3. The number of nitrogens with two attached hydrogens (primary N) is 2. The number of carbonyl (C=O) groups excluding carboxylic acids is 3. The van der Waals surface area contributed by atoms with Crippen molar-refractivity contribution >= 4 is 29.6 Å². The Morgan fingerprint density at radius 1 is 1.18 bits per heavy atom. The number of benzene rings is 1. The molecule has 204 valence electrons. The average Bonchev–Trinajstić information content (AvgIpc) is 3.41. The zero-order valence-electron chi connectivity index (χ0n) is 19.8. The number of hydrogen-bond acceptors (Lipinski definition) is 11. The van der Waals surface area contributed by atoms with Crippen LogP contribution in [0.25, 0.3) is 0 Å². The molecule has 2 unspecified atom stereocenters. The van der Waals surface area contributed by atoms with Gasteiger partial charge in [0.25, 0.3) is 0 Å². The van der Waals surface area contributed by atoms with Crippen LogP contribution in [0.15, 0.2) is 34.3 Å². The molecule has 2 saturated heterocycles. The lowest BCUT2D eigenvalue weighted by Crippen LogP contribution is -2.78. The van der Waals surface area contributed by atoms with Gasteiger partial charge in [-0.15, -0.1) is 0 Å². The number of alkyl halides is 3. The van der Waals surface area contributed by atoms with Gasteiger partial charge in [-0.25, -0.2) is 9.98 Å². The van der Waals surface area contributed by atoms with E-state index < -0.39 is 65.5 Å². The van der Waals surface area contributed by atoms with Gasteiger partial charge in [-0.05, 0) is 11.6 Å². The predicted octanol–water partition coefficient (Wildman–Crippen LogP) is -2.44. The Balaban J connectivity index is 1.39. The van der Waals surface area contributed by atoms with Gasteiger partial charge in [0.2, 0.25) is 23.5 Å². The summed E-state index contributed by atoms with van der Waals surface area (Å²) in [6.45, 7) is -0.489. The average molecular weight is 538 g/mol. The minimum absolute atomic E-state index is 0.0419. The van der Waals surface area contributed by atoms with Gasteiger partial charge >= 0.3 is 6.18 Å². The van der Waals surface area contributed by atoms with Crippen LogP contribution in [0.3, 0.4) is 0 Å². The van der Waals surface area contributed by atoms with Gasteiger partial charge < -0.3 is 37.2 Å². The molecule has 0 radical (unpaired) electrons.